The molecule has 1 aromatic heterocycles. The van der Waals surface area contributed by atoms with Gasteiger partial charge in [-0.2, -0.15) is 13.2 Å². The van der Waals surface area contributed by atoms with Gasteiger partial charge >= 0.3 is 12.1 Å². The maximum absolute atomic E-state index is 13.1. The van der Waals surface area contributed by atoms with Gasteiger partial charge in [-0.15, -0.1) is 11.3 Å². The Bertz CT molecular complexity index is 1150. The van der Waals surface area contributed by atoms with Crippen molar-refractivity contribution in [1.29, 1.82) is 0 Å². The summed E-state index contributed by atoms with van der Waals surface area (Å²) in [6.45, 7) is 6.84. The number of ketones is 1. The Morgan fingerprint density at radius 3 is 2.21 bits per heavy atom. The molecule has 8 nitrogen and oxygen atoms in total. The number of hydrogen-bond donors (Lipinski definition) is 1. The van der Waals surface area contributed by atoms with E-state index in [9.17, 15) is 27.6 Å². The van der Waals surface area contributed by atoms with Gasteiger partial charge in [-0.3, -0.25) is 9.59 Å². The van der Waals surface area contributed by atoms with Crippen LogP contribution >= 0.6 is 11.3 Å². The molecule has 3 aliphatic heterocycles. The molecule has 2 atom stereocenters. The molecule has 5 rings (SSSR count). The molecule has 2 bridgehead atoms. The van der Waals surface area contributed by atoms with E-state index in [1.165, 1.54) is 11.3 Å². The molecule has 1 unspecified atom stereocenters. The Labute approximate surface area is 228 Å². The summed E-state index contributed by atoms with van der Waals surface area (Å²) in [7, 11) is 0. The Morgan fingerprint density at radius 1 is 1.08 bits per heavy atom. The molecule has 3 aliphatic rings. The van der Waals surface area contributed by atoms with E-state index in [1.54, 1.807) is 24.3 Å². The Hall–Kier alpha value is -3.25. The van der Waals surface area contributed by atoms with Crippen LogP contribution in [0, 0.1) is 11.8 Å². The summed E-state index contributed by atoms with van der Waals surface area (Å²) in [5, 5.41) is 13.6. The van der Waals surface area contributed by atoms with Gasteiger partial charge in [-0.25, -0.2) is 4.79 Å². The van der Waals surface area contributed by atoms with Crippen LogP contribution in [0.5, 0.6) is 0 Å². The highest BCUT2D eigenvalue weighted by molar-refractivity contribution is 7.12. The SMILES string of the molecule is CC(C)C(NC(=O)c1ccccc1)C(=O)O[C@H]1C[N+]2(CC(=O)c3cccs3)CCC1CC2.O=C([O-])C(F)(F)F. The number of ether oxygens (including phenoxy) is 1. The standard InChI is InChI=1S/C25H30N2O4S.C2HF3O2/c1-17(2)23(26-24(29)19-7-4-3-5-8-19)25(30)31-21-16-27(12-10-18(21)11-13-27)15-20(28)22-9-6-14-32-22;3-2(4,5)1(6)7/h3-9,14,17-18,21,23H,10-13,15-16H2,1-2H3;(H,6,7)/t18?,21-,23?,27?;/m0./s1. The first-order chi connectivity index (χ1) is 18.3. The van der Waals surface area contributed by atoms with Crippen LogP contribution in [0.15, 0.2) is 47.8 Å². The number of benzene rings is 1. The lowest BCUT2D eigenvalue weighted by Crippen LogP contribution is -2.66. The molecule has 2 aromatic rings. The van der Waals surface area contributed by atoms with Crippen LogP contribution < -0.4 is 10.4 Å². The second kappa shape index (κ2) is 12.7. The van der Waals surface area contributed by atoms with Crippen molar-refractivity contribution in [2.75, 3.05) is 26.2 Å². The molecular formula is C27H31F3N2O6S. The van der Waals surface area contributed by atoms with E-state index in [0.717, 1.165) is 30.8 Å². The molecule has 0 spiro atoms. The highest BCUT2D eigenvalue weighted by Gasteiger charge is 2.49. The van der Waals surface area contributed by atoms with Crippen molar-refractivity contribution in [2.24, 2.45) is 11.8 Å². The summed E-state index contributed by atoms with van der Waals surface area (Å²) >= 11 is 1.48. The summed E-state index contributed by atoms with van der Waals surface area (Å²) in [4.78, 5) is 48.1. The van der Waals surface area contributed by atoms with Crippen LogP contribution in [-0.2, 0) is 14.3 Å². The molecule has 0 radical (unpaired) electrons. The lowest BCUT2D eigenvalue weighted by Gasteiger charge is -2.51. The van der Waals surface area contributed by atoms with Crippen LogP contribution in [0.3, 0.4) is 0 Å². The third-order valence-electron chi connectivity index (χ3n) is 7.06. The summed E-state index contributed by atoms with van der Waals surface area (Å²) in [6.07, 6.45) is -3.49. The van der Waals surface area contributed by atoms with Gasteiger partial charge in [0, 0.05) is 24.3 Å². The molecule has 212 valence electrons. The molecular weight excluding hydrogens is 537 g/mol. The second-order valence-electron chi connectivity index (χ2n) is 10.2. The zero-order chi connectivity index (χ0) is 28.8. The number of aliphatic carboxylic acids is 1. The predicted molar refractivity (Wildman–Crippen MR) is 135 cm³/mol. The van der Waals surface area contributed by atoms with Gasteiger partial charge in [0.1, 0.15) is 25.1 Å². The number of carbonyl (C=O) groups is 4. The number of esters is 1. The van der Waals surface area contributed by atoms with E-state index in [0.29, 0.717) is 29.1 Å². The number of quaternary nitrogens is 1. The minimum absolute atomic E-state index is 0.0974. The number of halogens is 3. The van der Waals surface area contributed by atoms with Crippen molar-refractivity contribution in [3.63, 3.8) is 0 Å². The number of carboxylic acids is 1. The van der Waals surface area contributed by atoms with Gasteiger partial charge in [0.25, 0.3) is 5.91 Å². The maximum atomic E-state index is 13.1. The molecule has 0 saturated carbocycles. The molecule has 4 heterocycles. The molecule has 39 heavy (non-hydrogen) atoms. The second-order valence-corrected chi connectivity index (χ2v) is 11.1. The van der Waals surface area contributed by atoms with Crippen LogP contribution in [0.4, 0.5) is 13.2 Å². The van der Waals surface area contributed by atoms with Crippen molar-refractivity contribution in [3.05, 3.63) is 58.3 Å². The lowest BCUT2D eigenvalue weighted by molar-refractivity contribution is -0.938. The minimum atomic E-state index is -5.19. The van der Waals surface area contributed by atoms with Crippen LogP contribution in [0.25, 0.3) is 0 Å². The van der Waals surface area contributed by atoms with Gasteiger partial charge in [0.15, 0.2) is 6.10 Å². The van der Waals surface area contributed by atoms with Gasteiger partial charge < -0.3 is 24.4 Å². The average Bonchev–Trinajstić information content (AvgIpc) is 3.43. The van der Waals surface area contributed by atoms with Crippen LogP contribution in [0.2, 0.25) is 0 Å². The largest absolute Gasteiger partial charge is 0.542 e. The first-order valence-corrected chi connectivity index (χ1v) is 13.5. The molecule has 1 N–H and O–H groups in total. The van der Waals surface area contributed by atoms with E-state index in [-0.39, 0.29) is 29.7 Å². The van der Waals surface area contributed by atoms with Crippen molar-refractivity contribution in [3.8, 4) is 0 Å². The Kier molecular flexibility index (Phi) is 9.89. The third-order valence-corrected chi connectivity index (χ3v) is 7.97. The number of hydrogen-bond acceptors (Lipinski definition) is 7. The number of carbonyl (C=O) groups excluding carboxylic acids is 4. The zero-order valence-corrected chi connectivity index (χ0v) is 22.4. The van der Waals surface area contributed by atoms with Gasteiger partial charge in [0.2, 0.25) is 5.78 Å². The number of fused-ring (bicyclic) bond motifs is 3. The Morgan fingerprint density at radius 2 is 1.69 bits per heavy atom. The molecule has 3 fully saturated rings. The number of thiophene rings is 1. The normalized spacial score (nSPS) is 22.8. The van der Waals surface area contributed by atoms with Crippen molar-refractivity contribution in [2.45, 2.75) is 45.0 Å². The number of Topliss-reactive ketones (excluding diaryl/α,β-unsaturated/α-hetero) is 1. The third kappa shape index (κ3) is 8.12. The number of piperidine rings is 3. The number of nitrogens with zero attached hydrogens (tertiary/aromatic N) is 1. The molecule has 12 heteroatoms. The number of nitrogens with one attached hydrogen (secondary N) is 1. The van der Waals surface area contributed by atoms with E-state index in [2.05, 4.69) is 5.32 Å². The summed E-state index contributed by atoms with van der Waals surface area (Å²) in [6, 6.07) is 12.0. The van der Waals surface area contributed by atoms with Gasteiger partial charge in [-0.05, 0) is 29.5 Å². The van der Waals surface area contributed by atoms with Crippen molar-refractivity contribution in [1.82, 2.24) is 5.32 Å². The number of alkyl halides is 3. The molecule has 0 aliphatic carbocycles. The van der Waals surface area contributed by atoms with Crippen molar-refractivity contribution < 1.29 is 46.7 Å². The van der Waals surface area contributed by atoms with E-state index < -0.39 is 18.2 Å². The number of carboxylic acid groups (broad SMARTS) is 1. The highest BCUT2D eigenvalue weighted by atomic mass is 32.1. The van der Waals surface area contributed by atoms with Gasteiger partial charge in [-0.1, -0.05) is 38.1 Å². The first-order valence-electron chi connectivity index (χ1n) is 12.6. The fourth-order valence-electron chi connectivity index (χ4n) is 4.93. The van der Waals surface area contributed by atoms with E-state index in [1.807, 2.05) is 37.4 Å². The fourth-order valence-corrected chi connectivity index (χ4v) is 5.59. The first kappa shape index (κ1) is 30.3. The monoisotopic (exact) mass is 568 g/mol. The maximum Gasteiger partial charge on any atom is 0.430 e. The van der Waals surface area contributed by atoms with E-state index >= 15 is 0 Å². The topological polar surface area (TPSA) is 113 Å². The van der Waals surface area contributed by atoms with E-state index in [4.69, 9.17) is 14.6 Å². The van der Waals surface area contributed by atoms with Crippen molar-refractivity contribution >= 4 is 35.0 Å². The minimum Gasteiger partial charge on any atom is -0.542 e. The summed E-state index contributed by atoms with van der Waals surface area (Å²) in [5.74, 6) is -3.27. The van der Waals surface area contributed by atoms with Crippen LogP contribution in [0.1, 0.15) is 46.7 Å². The lowest BCUT2D eigenvalue weighted by atomic mass is 9.83. The average molecular weight is 569 g/mol. The smallest absolute Gasteiger partial charge is 0.430 e. The number of amides is 1. The Balaban J connectivity index is 0.000000532. The molecule has 1 amide bonds. The van der Waals surface area contributed by atoms with Crippen LogP contribution in [-0.4, -0.2) is 72.6 Å². The highest BCUT2D eigenvalue weighted by Crippen LogP contribution is 2.36. The fraction of sp³-hybridized carbons (Fsp3) is 0.481. The summed E-state index contributed by atoms with van der Waals surface area (Å²) in [5.41, 5.74) is 0.519. The number of rotatable bonds is 8. The van der Waals surface area contributed by atoms with Gasteiger partial charge in [0.05, 0.1) is 18.0 Å². The molecule has 1 aromatic carbocycles. The quantitative estimate of drug-likeness (QED) is 0.298. The zero-order valence-electron chi connectivity index (χ0n) is 21.6. The summed E-state index contributed by atoms with van der Waals surface area (Å²) < 4.78 is 38.2. The predicted octanol–water partition coefficient (Wildman–Crippen LogP) is 2.84. The molecule has 3 saturated heterocycles.